The molecule has 1 aromatic rings. The van der Waals surface area contributed by atoms with Crippen LogP contribution < -0.4 is 10.1 Å². The van der Waals surface area contributed by atoms with Crippen LogP contribution in [0.2, 0.25) is 0 Å². The third-order valence-electron chi connectivity index (χ3n) is 3.23. The molecule has 1 fully saturated rings. The van der Waals surface area contributed by atoms with Crippen molar-refractivity contribution in [2.24, 2.45) is 0 Å². The van der Waals surface area contributed by atoms with Crippen molar-refractivity contribution in [2.45, 2.75) is 35.8 Å². The van der Waals surface area contributed by atoms with E-state index in [0.717, 1.165) is 18.9 Å². The van der Waals surface area contributed by atoms with Gasteiger partial charge >= 0.3 is 0 Å². The fraction of sp³-hybridized carbons (Fsp3) is 0.571. The van der Waals surface area contributed by atoms with Crippen LogP contribution in [0.3, 0.4) is 0 Å². The molecule has 17 heavy (non-hydrogen) atoms. The number of hydrogen-bond donors (Lipinski definition) is 1. The predicted octanol–water partition coefficient (Wildman–Crippen LogP) is 3.32. The molecular formula is C14H21NOS. The number of ether oxygens (including phenoxy) is 1. The molecule has 0 spiro atoms. The Morgan fingerprint density at radius 1 is 1.29 bits per heavy atom. The van der Waals surface area contributed by atoms with E-state index in [9.17, 15) is 0 Å². The molecule has 1 saturated carbocycles. The first kappa shape index (κ1) is 12.8. The van der Waals surface area contributed by atoms with E-state index in [1.54, 1.807) is 0 Å². The van der Waals surface area contributed by atoms with Gasteiger partial charge in [-0.2, -0.15) is 0 Å². The minimum absolute atomic E-state index is 0.432. The lowest BCUT2D eigenvalue weighted by atomic mass is 9.84. The van der Waals surface area contributed by atoms with Gasteiger partial charge in [0.15, 0.2) is 0 Å². The summed E-state index contributed by atoms with van der Waals surface area (Å²) in [6.45, 7) is 3.85. The summed E-state index contributed by atoms with van der Waals surface area (Å²) in [5, 5.41) is 3.32. The standard InChI is InChI=1S/C14H21NOS/c1-3-16-12-5-7-13(8-6-12)17-14(11-15-2)9-4-10-14/h5-8,15H,3-4,9-11H2,1-2H3. The van der Waals surface area contributed by atoms with Crippen LogP contribution in [-0.4, -0.2) is 24.9 Å². The summed E-state index contributed by atoms with van der Waals surface area (Å²) in [7, 11) is 2.04. The molecule has 0 aromatic heterocycles. The zero-order valence-electron chi connectivity index (χ0n) is 10.7. The van der Waals surface area contributed by atoms with Gasteiger partial charge in [-0.1, -0.05) is 6.42 Å². The van der Waals surface area contributed by atoms with Gasteiger partial charge in [0.2, 0.25) is 0 Å². The van der Waals surface area contributed by atoms with Crippen molar-refractivity contribution in [1.82, 2.24) is 5.32 Å². The van der Waals surface area contributed by atoms with Gasteiger partial charge in [0.25, 0.3) is 0 Å². The Hall–Kier alpha value is -0.670. The maximum atomic E-state index is 5.46. The molecule has 0 unspecified atom stereocenters. The van der Waals surface area contributed by atoms with Crippen LogP contribution in [0.4, 0.5) is 0 Å². The van der Waals surface area contributed by atoms with E-state index in [-0.39, 0.29) is 0 Å². The number of benzene rings is 1. The van der Waals surface area contributed by atoms with Crippen molar-refractivity contribution in [3.8, 4) is 5.75 Å². The maximum absolute atomic E-state index is 5.46. The minimum Gasteiger partial charge on any atom is -0.494 e. The molecule has 0 aliphatic heterocycles. The van der Waals surface area contributed by atoms with Crippen LogP contribution in [-0.2, 0) is 0 Å². The monoisotopic (exact) mass is 251 g/mol. The van der Waals surface area contributed by atoms with E-state index in [1.807, 2.05) is 25.7 Å². The molecule has 2 nitrogen and oxygen atoms in total. The quantitative estimate of drug-likeness (QED) is 0.838. The third kappa shape index (κ3) is 3.17. The zero-order valence-corrected chi connectivity index (χ0v) is 11.5. The molecule has 2 rings (SSSR count). The summed E-state index contributed by atoms with van der Waals surface area (Å²) < 4.78 is 5.89. The molecular weight excluding hydrogens is 230 g/mol. The highest BCUT2D eigenvalue weighted by Gasteiger charge is 2.37. The van der Waals surface area contributed by atoms with Crippen molar-refractivity contribution in [2.75, 3.05) is 20.2 Å². The average Bonchev–Trinajstić information content (AvgIpc) is 2.29. The summed E-state index contributed by atoms with van der Waals surface area (Å²) in [5.41, 5.74) is 0. The highest BCUT2D eigenvalue weighted by Crippen LogP contribution is 2.47. The Morgan fingerprint density at radius 2 is 2.00 bits per heavy atom. The molecule has 0 heterocycles. The molecule has 0 bridgehead atoms. The number of rotatable bonds is 6. The van der Waals surface area contributed by atoms with Crippen LogP contribution in [0, 0.1) is 0 Å². The van der Waals surface area contributed by atoms with Crippen LogP contribution in [0.15, 0.2) is 29.2 Å². The lowest BCUT2D eigenvalue weighted by Gasteiger charge is -2.41. The molecule has 0 atom stereocenters. The SMILES string of the molecule is CCOc1ccc(SC2(CNC)CCC2)cc1. The van der Waals surface area contributed by atoms with Gasteiger partial charge in [0, 0.05) is 16.2 Å². The Kier molecular flexibility index (Phi) is 4.35. The number of hydrogen-bond acceptors (Lipinski definition) is 3. The van der Waals surface area contributed by atoms with Crippen molar-refractivity contribution in [3.63, 3.8) is 0 Å². The Balaban J connectivity index is 1.98. The molecule has 94 valence electrons. The van der Waals surface area contributed by atoms with Crippen molar-refractivity contribution in [1.29, 1.82) is 0 Å². The third-order valence-corrected chi connectivity index (χ3v) is 4.73. The molecule has 0 amide bonds. The summed E-state index contributed by atoms with van der Waals surface area (Å²) in [4.78, 5) is 1.35. The Labute approximate surface area is 108 Å². The largest absolute Gasteiger partial charge is 0.494 e. The fourth-order valence-electron chi connectivity index (χ4n) is 2.23. The maximum Gasteiger partial charge on any atom is 0.119 e. The summed E-state index contributed by atoms with van der Waals surface area (Å²) in [5.74, 6) is 0.966. The van der Waals surface area contributed by atoms with Gasteiger partial charge in [-0.15, -0.1) is 11.8 Å². The normalized spacial score (nSPS) is 17.5. The van der Waals surface area contributed by atoms with Gasteiger partial charge in [-0.25, -0.2) is 0 Å². The highest BCUT2D eigenvalue weighted by atomic mass is 32.2. The van der Waals surface area contributed by atoms with Gasteiger partial charge in [0.1, 0.15) is 5.75 Å². The summed E-state index contributed by atoms with van der Waals surface area (Å²) in [6.07, 6.45) is 4.02. The Bertz CT molecular complexity index is 346. The van der Waals surface area contributed by atoms with Crippen LogP contribution in [0.1, 0.15) is 26.2 Å². The summed E-state index contributed by atoms with van der Waals surface area (Å²) in [6, 6.07) is 8.48. The molecule has 1 N–H and O–H groups in total. The second-order valence-corrected chi connectivity index (χ2v) is 6.11. The predicted molar refractivity (Wildman–Crippen MR) is 74.0 cm³/mol. The first-order valence-electron chi connectivity index (χ1n) is 6.34. The molecule has 1 aliphatic carbocycles. The highest BCUT2D eigenvalue weighted by molar-refractivity contribution is 8.00. The van der Waals surface area contributed by atoms with E-state index < -0.39 is 0 Å². The number of nitrogens with one attached hydrogen (secondary N) is 1. The topological polar surface area (TPSA) is 21.3 Å². The molecule has 1 aliphatic rings. The van der Waals surface area contributed by atoms with Crippen molar-refractivity contribution in [3.05, 3.63) is 24.3 Å². The van der Waals surface area contributed by atoms with Crippen LogP contribution in [0.25, 0.3) is 0 Å². The van der Waals surface area contributed by atoms with Crippen LogP contribution >= 0.6 is 11.8 Å². The Morgan fingerprint density at radius 3 is 2.47 bits per heavy atom. The van der Waals surface area contributed by atoms with E-state index in [1.165, 1.54) is 24.2 Å². The average molecular weight is 251 g/mol. The first-order chi connectivity index (χ1) is 8.28. The van der Waals surface area contributed by atoms with E-state index in [4.69, 9.17) is 4.74 Å². The van der Waals surface area contributed by atoms with Crippen molar-refractivity contribution >= 4 is 11.8 Å². The molecule has 1 aromatic carbocycles. The number of thioether (sulfide) groups is 1. The minimum atomic E-state index is 0.432. The van der Waals surface area contributed by atoms with E-state index >= 15 is 0 Å². The molecule has 0 radical (unpaired) electrons. The second-order valence-electron chi connectivity index (χ2n) is 4.57. The second kappa shape index (κ2) is 5.78. The fourth-order valence-corrected chi connectivity index (χ4v) is 3.71. The van der Waals surface area contributed by atoms with Gasteiger partial charge in [-0.3, -0.25) is 0 Å². The smallest absolute Gasteiger partial charge is 0.119 e. The van der Waals surface area contributed by atoms with Gasteiger partial charge < -0.3 is 10.1 Å². The first-order valence-corrected chi connectivity index (χ1v) is 7.16. The van der Waals surface area contributed by atoms with Crippen molar-refractivity contribution < 1.29 is 4.74 Å². The lowest BCUT2D eigenvalue weighted by Crippen LogP contribution is -2.42. The summed E-state index contributed by atoms with van der Waals surface area (Å²) >= 11 is 2.01. The van der Waals surface area contributed by atoms with Crippen LogP contribution in [0.5, 0.6) is 5.75 Å². The zero-order chi connectivity index (χ0) is 12.1. The van der Waals surface area contributed by atoms with E-state index in [0.29, 0.717) is 4.75 Å². The van der Waals surface area contributed by atoms with E-state index in [2.05, 4.69) is 29.6 Å². The lowest BCUT2D eigenvalue weighted by molar-refractivity contribution is 0.340. The van der Waals surface area contributed by atoms with Gasteiger partial charge in [0.05, 0.1) is 6.61 Å². The molecule has 3 heteroatoms. The van der Waals surface area contributed by atoms with Gasteiger partial charge in [-0.05, 0) is 51.1 Å². The molecule has 0 saturated heterocycles.